The molecular weight excluding hydrogens is 274 g/mol. The zero-order chi connectivity index (χ0) is 16.5. The first-order chi connectivity index (χ1) is 11.2. The molecule has 2 rings (SSSR count). The van der Waals surface area contributed by atoms with Crippen LogP contribution in [-0.2, 0) is 4.79 Å². The van der Waals surface area contributed by atoms with Crippen molar-refractivity contribution in [2.45, 2.75) is 32.6 Å². The van der Waals surface area contributed by atoms with Gasteiger partial charge in [-0.3, -0.25) is 4.79 Å². The molecule has 0 aromatic heterocycles. The minimum absolute atomic E-state index is 0.235. The predicted octanol–water partition coefficient (Wildman–Crippen LogP) is 4.71. The van der Waals surface area contributed by atoms with Gasteiger partial charge in [0.1, 0.15) is 5.75 Å². The van der Waals surface area contributed by atoms with Crippen LogP contribution in [-0.4, -0.2) is 5.97 Å². The average molecular weight is 294 g/mol. The molecular formula is C19H19NO2. The van der Waals surface area contributed by atoms with Crippen molar-refractivity contribution >= 4 is 5.97 Å². The van der Waals surface area contributed by atoms with E-state index in [0.29, 0.717) is 24.6 Å². The van der Waals surface area contributed by atoms with E-state index < -0.39 is 0 Å². The molecule has 22 heavy (non-hydrogen) atoms. The monoisotopic (exact) mass is 294 g/mol. The third-order valence-electron chi connectivity index (χ3n) is 3.31. The van der Waals surface area contributed by atoms with Crippen LogP contribution in [0, 0.1) is 11.3 Å². The van der Waals surface area contributed by atoms with Crippen molar-refractivity contribution in [3.8, 4) is 22.9 Å². The largest absolute Gasteiger partial charge is 0.427 e. The van der Waals surface area contributed by atoms with E-state index in [4.69, 9.17) is 11.4 Å². The first kappa shape index (κ1) is 14.3. The summed E-state index contributed by atoms with van der Waals surface area (Å²) in [6.45, 7) is 0.409. The molecule has 2 aromatic carbocycles. The van der Waals surface area contributed by atoms with Crippen LogP contribution in [0.15, 0.2) is 48.5 Å². The standard InChI is InChI=1S/C19H19NO2/c1-2-3-4-5-19(21)22-18-12-10-17(11-13-18)16-8-6-15(14-20)7-9-16/h6-13H,2-5H2,1H3/i1D. The third-order valence-corrected chi connectivity index (χ3v) is 3.31. The van der Waals surface area contributed by atoms with Gasteiger partial charge in [0.25, 0.3) is 0 Å². The second-order valence-electron chi connectivity index (χ2n) is 5.00. The first-order valence-electron chi connectivity index (χ1n) is 8.04. The van der Waals surface area contributed by atoms with Gasteiger partial charge in [0.2, 0.25) is 0 Å². The van der Waals surface area contributed by atoms with Crippen LogP contribution in [0.5, 0.6) is 5.75 Å². The van der Waals surface area contributed by atoms with Crippen LogP contribution in [0.1, 0.15) is 39.5 Å². The van der Waals surface area contributed by atoms with Gasteiger partial charge in [-0.05, 0) is 41.8 Å². The Labute approximate surface area is 132 Å². The second-order valence-corrected chi connectivity index (χ2v) is 5.00. The molecule has 0 fully saturated rings. The van der Waals surface area contributed by atoms with E-state index in [0.717, 1.165) is 30.4 Å². The number of unbranched alkanes of at least 4 members (excludes halogenated alkanes) is 2. The van der Waals surface area contributed by atoms with E-state index >= 15 is 0 Å². The molecule has 0 radical (unpaired) electrons. The molecule has 0 bridgehead atoms. The number of hydrogen-bond acceptors (Lipinski definition) is 3. The Bertz CT molecular complexity index is 672. The quantitative estimate of drug-likeness (QED) is 0.440. The molecule has 112 valence electrons. The van der Waals surface area contributed by atoms with Gasteiger partial charge in [-0.1, -0.05) is 44.0 Å². The van der Waals surface area contributed by atoms with E-state index in [2.05, 4.69) is 6.07 Å². The molecule has 0 N–H and O–H groups in total. The molecule has 0 atom stereocenters. The summed E-state index contributed by atoms with van der Waals surface area (Å²) in [5, 5.41) is 8.80. The van der Waals surface area contributed by atoms with Gasteiger partial charge in [-0.2, -0.15) is 5.26 Å². The van der Waals surface area contributed by atoms with Gasteiger partial charge in [0.05, 0.1) is 11.6 Å². The average Bonchev–Trinajstić information content (AvgIpc) is 2.59. The van der Waals surface area contributed by atoms with E-state index in [1.165, 1.54) is 0 Å². The van der Waals surface area contributed by atoms with E-state index in [-0.39, 0.29) is 5.97 Å². The molecule has 0 amide bonds. The lowest BCUT2D eigenvalue weighted by molar-refractivity contribution is -0.134. The number of carbonyl (C=O) groups is 1. The van der Waals surface area contributed by atoms with Crippen LogP contribution < -0.4 is 4.74 Å². The molecule has 0 unspecified atom stereocenters. The Morgan fingerprint density at radius 1 is 1.09 bits per heavy atom. The minimum atomic E-state index is -0.235. The van der Waals surface area contributed by atoms with Crippen molar-refractivity contribution < 1.29 is 10.9 Å². The molecule has 0 spiro atoms. The highest BCUT2D eigenvalue weighted by atomic mass is 16.5. The molecule has 3 nitrogen and oxygen atoms in total. The molecule has 0 saturated carbocycles. The number of ether oxygens (including phenoxy) is 1. The summed E-state index contributed by atoms with van der Waals surface area (Å²) in [5.41, 5.74) is 2.65. The van der Waals surface area contributed by atoms with Gasteiger partial charge in [-0.15, -0.1) is 0 Å². The maximum atomic E-state index is 11.7. The van der Waals surface area contributed by atoms with Crippen molar-refractivity contribution in [2.75, 3.05) is 0 Å². The summed E-state index contributed by atoms with van der Waals surface area (Å²) in [4.78, 5) is 11.7. The lowest BCUT2D eigenvalue weighted by atomic mass is 10.0. The Morgan fingerprint density at radius 2 is 1.73 bits per heavy atom. The van der Waals surface area contributed by atoms with Crippen LogP contribution in [0.3, 0.4) is 0 Å². The fourth-order valence-corrected chi connectivity index (χ4v) is 2.08. The van der Waals surface area contributed by atoms with Crippen LogP contribution >= 0.6 is 0 Å². The van der Waals surface area contributed by atoms with E-state index in [1.54, 1.807) is 24.3 Å². The van der Waals surface area contributed by atoms with Gasteiger partial charge in [0, 0.05) is 7.79 Å². The summed E-state index contributed by atoms with van der Waals surface area (Å²) in [5.74, 6) is 0.300. The Balaban J connectivity index is 1.91. The van der Waals surface area contributed by atoms with Crippen LogP contribution in [0.25, 0.3) is 11.1 Å². The summed E-state index contributed by atoms with van der Waals surface area (Å²) in [6.07, 6.45) is 2.86. The molecule has 0 aliphatic rings. The number of esters is 1. The zero-order valence-electron chi connectivity index (χ0n) is 13.4. The Morgan fingerprint density at radius 3 is 2.32 bits per heavy atom. The van der Waals surface area contributed by atoms with Crippen molar-refractivity contribution in [3.05, 3.63) is 54.1 Å². The lowest BCUT2D eigenvalue weighted by Crippen LogP contribution is -2.07. The number of nitriles is 1. The molecule has 0 aliphatic heterocycles. The molecule has 2 aromatic rings. The maximum absolute atomic E-state index is 11.7. The molecule has 0 heterocycles. The van der Waals surface area contributed by atoms with Crippen LogP contribution in [0.4, 0.5) is 0 Å². The highest BCUT2D eigenvalue weighted by Gasteiger charge is 2.05. The lowest BCUT2D eigenvalue weighted by Gasteiger charge is -2.06. The highest BCUT2D eigenvalue weighted by Crippen LogP contribution is 2.23. The van der Waals surface area contributed by atoms with E-state index in [9.17, 15) is 4.79 Å². The minimum Gasteiger partial charge on any atom is -0.427 e. The fraction of sp³-hybridized carbons (Fsp3) is 0.263. The SMILES string of the molecule is [2H]CCCCCC(=O)Oc1ccc(-c2ccc(C#N)cc2)cc1. The van der Waals surface area contributed by atoms with Crippen LogP contribution in [0.2, 0.25) is 0 Å². The smallest absolute Gasteiger partial charge is 0.311 e. The normalized spacial score (nSPS) is 10.6. The maximum Gasteiger partial charge on any atom is 0.311 e. The van der Waals surface area contributed by atoms with Gasteiger partial charge in [-0.25, -0.2) is 0 Å². The van der Waals surface area contributed by atoms with Crippen molar-refractivity contribution in [3.63, 3.8) is 0 Å². The first-order valence-corrected chi connectivity index (χ1v) is 7.33. The van der Waals surface area contributed by atoms with Gasteiger partial charge < -0.3 is 4.74 Å². The van der Waals surface area contributed by atoms with Gasteiger partial charge >= 0.3 is 5.97 Å². The van der Waals surface area contributed by atoms with Crippen molar-refractivity contribution in [2.24, 2.45) is 0 Å². The summed E-state index contributed by atoms with van der Waals surface area (Å²) in [6, 6.07) is 16.8. The van der Waals surface area contributed by atoms with Crippen molar-refractivity contribution in [1.82, 2.24) is 0 Å². The highest BCUT2D eigenvalue weighted by molar-refractivity contribution is 5.73. The Kier molecular flexibility index (Phi) is 5.21. The number of hydrogen-bond donors (Lipinski definition) is 0. The molecule has 0 saturated heterocycles. The molecule has 0 aliphatic carbocycles. The summed E-state index contributed by atoms with van der Waals surface area (Å²) < 4.78 is 12.3. The van der Waals surface area contributed by atoms with E-state index in [1.807, 2.05) is 24.3 Å². The van der Waals surface area contributed by atoms with Crippen molar-refractivity contribution in [1.29, 1.82) is 5.26 Å². The third kappa shape index (κ3) is 4.46. The topological polar surface area (TPSA) is 50.1 Å². The number of carbonyl (C=O) groups excluding carboxylic acids is 1. The Hall–Kier alpha value is -2.60. The number of benzene rings is 2. The number of nitrogens with zero attached hydrogens (tertiary/aromatic N) is 1. The summed E-state index contributed by atoms with van der Waals surface area (Å²) >= 11 is 0. The second kappa shape index (κ2) is 7.99. The molecule has 3 heteroatoms. The number of rotatable bonds is 6. The summed E-state index contributed by atoms with van der Waals surface area (Å²) in [7, 11) is 0. The predicted molar refractivity (Wildman–Crippen MR) is 86.4 cm³/mol. The zero-order valence-corrected chi connectivity index (χ0v) is 12.4. The fourth-order valence-electron chi connectivity index (χ4n) is 2.08. The van der Waals surface area contributed by atoms with Gasteiger partial charge in [0.15, 0.2) is 0 Å².